The van der Waals surface area contributed by atoms with E-state index in [1.165, 1.54) is 25.7 Å². The molecule has 0 heterocycles. The van der Waals surface area contributed by atoms with E-state index in [0.29, 0.717) is 6.54 Å². The lowest BCUT2D eigenvalue weighted by atomic mass is 10.2. The number of anilines is 2. The number of nitrogens with zero attached hydrogens (tertiary/aromatic N) is 1. The van der Waals surface area contributed by atoms with Crippen LogP contribution in [0.2, 0.25) is 0 Å². The number of para-hydroxylation sites is 1. The van der Waals surface area contributed by atoms with E-state index in [-0.39, 0.29) is 5.91 Å². The van der Waals surface area contributed by atoms with Gasteiger partial charge in [0.15, 0.2) is 0 Å². The second-order valence-electron chi connectivity index (χ2n) is 6.53. The lowest BCUT2D eigenvalue weighted by Crippen LogP contribution is -2.29. The first-order valence-electron chi connectivity index (χ1n) is 9.48. The van der Waals surface area contributed by atoms with Gasteiger partial charge in [-0.05, 0) is 30.7 Å². The highest BCUT2D eigenvalue weighted by atomic mass is 16.5. The van der Waals surface area contributed by atoms with Gasteiger partial charge in [-0.25, -0.2) is 0 Å². The Balaban J connectivity index is 1.77. The number of carbonyl (C=O) groups excluding carboxylic acids is 1. The fourth-order valence-electron chi connectivity index (χ4n) is 2.75. The zero-order valence-electron chi connectivity index (χ0n) is 15.9. The fraction of sp³-hybridized carbons (Fsp3) is 0.409. The first-order chi connectivity index (χ1) is 12.7. The summed E-state index contributed by atoms with van der Waals surface area (Å²) in [5.41, 5.74) is 1.78. The Labute approximate surface area is 157 Å². The quantitative estimate of drug-likeness (QED) is 0.570. The smallest absolute Gasteiger partial charge is 0.243 e. The highest BCUT2D eigenvalue weighted by molar-refractivity contribution is 5.94. The molecule has 0 saturated heterocycles. The van der Waals surface area contributed by atoms with Gasteiger partial charge in [0, 0.05) is 24.5 Å². The van der Waals surface area contributed by atoms with Crippen molar-refractivity contribution in [2.75, 3.05) is 30.4 Å². The van der Waals surface area contributed by atoms with Crippen LogP contribution in [0.25, 0.3) is 0 Å². The Morgan fingerprint density at radius 2 is 1.77 bits per heavy atom. The number of rotatable bonds is 11. The maximum atomic E-state index is 12.3. The van der Waals surface area contributed by atoms with Crippen LogP contribution in [-0.4, -0.2) is 26.1 Å². The molecule has 0 aliphatic carbocycles. The standard InChI is InChI=1S/C22H30N2O2/c1-3-4-5-6-10-16-26-21-15-11-12-19(17-21)23-22(25)18-24(2)20-13-8-7-9-14-20/h7-9,11-15,17H,3-6,10,16,18H2,1-2H3,(H,23,25). The summed E-state index contributed by atoms with van der Waals surface area (Å²) in [6.45, 7) is 3.23. The minimum absolute atomic E-state index is 0.0481. The Morgan fingerprint density at radius 1 is 1.00 bits per heavy atom. The second-order valence-corrected chi connectivity index (χ2v) is 6.53. The Morgan fingerprint density at radius 3 is 2.54 bits per heavy atom. The average Bonchev–Trinajstić information content (AvgIpc) is 2.65. The molecule has 4 heteroatoms. The maximum Gasteiger partial charge on any atom is 0.243 e. The lowest BCUT2D eigenvalue weighted by molar-refractivity contribution is -0.114. The van der Waals surface area contributed by atoms with Crippen molar-refractivity contribution in [3.63, 3.8) is 0 Å². The lowest BCUT2D eigenvalue weighted by Gasteiger charge is -2.18. The Hall–Kier alpha value is -2.49. The van der Waals surface area contributed by atoms with E-state index < -0.39 is 0 Å². The summed E-state index contributed by atoms with van der Waals surface area (Å²) < 4.78 is 5.80. The second kappa shape index (κ2) is 11.2. The summed E-state index contributed by atoms with van der Waals surface area (Å²) in [6, 6.07) is 17.5. The van der Waals surface area contributed by atoms with E-state index in [1.807, 2.05) is 66.5 Å². The Kier molecular flexibility index (Phi) is 8.53. The van der Waals surface area contributed by atoms with Crippen molar-refractivity contribution in [3.8, 4) is 5.75 Å². The maximum absolute atomic E-state index is 12.3. The van der Waals surface area contributed by atoms with E-state index in [0.717, 1.165) is 30.2 Å². The van der Waals surface area contributed by atoms with Crippen LogP contribution in [0.4, 0.5) is 11.4 Å². The van der Waals surface area contributed by atoms with Crippen molar-refractivity contribution in [1.82, 2.24) is 0 Å². The summed E-state index contributed by atoms with van der Waals surface area (Å²) in [7, 11) is 1.91. The molecule has 1 N–H and O–H groups in total. The van der Waals surface area contributed by atoms with Crippen LogP contribution in [0.1, 0.15) is 39.0 Å². The predicted molar refractivity (Wildman–Crippen MR) is 109 cm³/mol. The van der Waals surface area contributed by atoms with E-state index in [9.17, 15) is 4.79 Å². The molecule has 0 atom stereocenters. The Bertz CT molecular complexity index is 658. The number of likely N-dealkylation sites (N-methyl/N-ethyl adjacent to an activating group) is 1. The summed E-state index contributed by atoms with van der Waals surface area (Å²) in [6.07, 6.45) is 6.08. The molecule has 4 nitrogen and oxygen atoms in total. The number of nitrogens with one attached hydrogen (secondary N) is 1. The number of hydrogen-bond donors (Lipinski definition) is 1. The number of hydrogen-bond acceptors (Lipinski definition) is 3. The molecule has 26 heavy (non-hydrogen) atoms. The molecule has 1 amide bonds. The first-order valence-corrected chi connectivity index (χ1v) is 9.48. The van der Waals surface area contributed by atoms with Gasteiger partial charge in [-0.1, -0.05) is 56.9 Å². The van der Waals surface area contributed by atoms with Gasteiger partial charge in [0.25, 0.3) is 0 Å². The first kappa shape index (κ1) is 19.8. The molecule has 0 aliphatic heterocycles. The van der Waals surface area contributed by atoms with Crippen molar-refractivity contribution in [3.05, 3.63) is 54.6 Å². The number of benzene rings is 2. The number of ether oxygens (including phenoxy) is 1. The molecular weight excluding hydrogens is 324 g/mol. The molecular formula is C22H30N2O2. The molecule has 2 aromatic rings. The summed E-state index contributed by atoms with van der Waals surface area (Å²) in [5.74, 6) is 0.753. The van der Waals surface area contributed by atoms with Gasteiger partial charge in [0.1, 0.15) is 5.75 Å². The topological polar surface area (TPSA) is 41.6 Å². The van der Waals surface area contributed by atoms with Gasteiger partial charge in [-0.15, -0.1) is 0 Å². The molecule has 0 saturated carbocycles. The number of amides is 1. The molecule has 0 radical (unpaired) electrons. The highest BCUT2D eigenvalue weighted by Gasteiger charge is 2.08. The van der Waals surface area contributed by atoms with Crippen molar-refractivity contribution in [2.24, 2.45) is 0 Å². The molecule has 0 unspecified atom stereocenters. The van der Waals surface area contributed by atoms with Crippen LogP contribution in [-0.2, 0) is 4.79 Å². The minimum atomic E-state index is -0.0481. The number of carbonyl (C=O) groups is 1. The predicted octanol–water partition coefficient (Wildman–Crippen LogP) is 5.11. The third-order valence-corrected chi connectivity index (χ3v) is 4.21. The van der Waals surface area contributed by atoms with Crippen LogP contribution in [0.3, 0.4) is 0 Å². The van der Waals surface area contributed by atoms with Gasteiger partial charge < -0.3 is 15.0 Å². The zero-order chi connectivity index (χ0) is 18.6. The number of unbranched alkanes of at least 4 members (excludes halogenated alkanes) is 4. The SMILES string of the molecule is CCCCCCCOc1cccc(NC(=O)CN(C)c2ccccc2)c1. The van der Waals surface area contributed by atoms with E-state index in [2.05, 4.69) is 12.2 Å². The van der Waals surface area contributed by atoms with Crippen LogP contribution in [0.15, 0.2) is 54.6 Å². The molecule has 2 rings (SSSR count). The van der Waals surface area contributed by atoms with Crippen LogP contribution >= 0.6 is 0 Å². The van der Waals surface area contributed by atoms with Crippen molar-refractivity contribution < 1.29 is 9.53 Å². The molecule has 0 spiro atoms. The van der Waals surface area contributed by atoms with E-state index >= 15 is 0 Å². The van der Waals surface area contributed by atoms with Crippen LogP contribution in [0, 0.1) is 0 Å². The van der Waals surface area contributed by atoms with Crippen LogP contribution < -0.4 is 15.0 Å². The van der Waals surface area contributed by atoms with Gasteiger partial charge >= 0.3 is 0 Å². The summed E-state index contributed by atoms with van der Waals surface area (Å²) in [4.78, 5) is 14.2. The molecule has 0 aromatic heterocycles. The van der Waals surface area contributed by atoms with Gasteiger partial charge in [-0.3, -0.25) is 4.79 Å². The van der Waals surface area contributed by atoms with Gasteiger partial charge in [-0.2, -0.15) is 0 Å². The largest absolute Gasteiger partial charge is 0.494 e. The van der Waals surface area contributed by atoms with Crippen molar-refractivity contribution >= 4 is 17.3 Å². The minimum Gasteiger partial charge on any atom is -0.494 e. The van der Waals surface area contributed by atoms with Crippen molar-refractivity contribution in [1.29, 1.82) is 0 Å². The monoisotopic (exact) mass is 354 g/mol. The summed E-state index contributed by atoms with van der Waals surface area (Å²) >= 11 is 0. The normalized spacial score (nSPS) is 10.4. The fourth-order valence-corrected chi connectivity index (χ4v) is 2.75. The molecule has 0 aliphatic rings. The van der Waals surface area contributed by atoms with E-state index in [1.54, 1.807) is 0 Å². The summed E-state index contributed by atoms with van der Waals surface area (Å²) in [5, 5.41) is 2.94. The molecule has 0 fully saturated rings. The van der Waals surface area contributed by atoms with E-state index in [4.69, 9.17) is 4.74 Å². The van der Waals surface area contributed by atoms with Gasteiger partial charge in [0.05, 0.1) is 13.2 Å². The zero-order valence-corrected chi connectivity index (χ0v) is 15.9. The molecule has 2 aromatic carbocycles. The van der Waals surface area contributed by atoms with Crippen LogP contribution in [0.5, 0.6) is 5.75 Å². The third kappa shape index (κ3) is 7.18. The van der Waals surface area contributed by atoms with Crippen molar-refractivity contribution in [2.45, 2.75) is 39.0 Å². The highest BCUT2D eigenvalue weighted by Crippen LogP contribution is 2.18. The molecule has 0 bridgehead atoms. The van der Waals surface area contributed by atoms with Gasteiger partial charge in [0.2, 0.25) is 5.91 Å². The average molecular weight is 354 g/mol. The molecule has 140 valence electrons. The third-order valence-electron chi connectivity index (χ3n) is 4.21.